The number of aromatic nitrogens is 2. The Hall–Kier alpha value is -3.29. The lowest BCUT2D eigenvalue weighted by Crippen LogP contribution is -2.12. The molecule has 0 spiro atoms. The van der Waals surface area contributed by atoms with E-state index in [9.17, 15) is 13.2 Å². The van der Waals surface area contributed by atoms with Crippen molar-refractivity contribution >= 4 is 23.1 Å². The van der Waals surface area contributed by atoms with Gasteiger partial charge in [-0.3, -0.25) is 0 Å². The largest absolute Gasteiger partial charge is 0.491 e. The van der Waals surface area contributed by atoms with Gasteiger partial charge in [-0.2, -0.15) is 18.2 Å². The van der Waals surface area contributed by atoms with Crippen LogP contribution < -0.4 is 15.4 Å². The third-order valence-electron chi connectivity index (χ3n) is 4.59. The van der Waals surface area contributed by atoms with Crippen molar-refractivity contribution in [2.24, 2.45) is 0 Å². The number of halogens is 3. The Morgan fingerprint density at radius 3 is 2.41 bits per heavy atom. The van der Waals surface area contributed by atoms with E-state index < -0.39 is 11.7 Å². The summed E-state index contributed by atoms with van der Waals surface area (Å²) in [6.07, 6.45) is -0.834. The van der Waals surface area contributed by atoms with Gasteiger partial charge in [0.15, 0.2) is 0 Å². The lowest BCUT2D eigenvalue weighted by atomic mass is 10.1. The Labute approximate surface area is 186 Å². The zero-order valence-electron chi connectivity index (χ0n) is 18.3. The molecule has 3 rings (SSSR count). The molecule has 170 valence electrons. The molecule has 32 heavy (non-hydrogen) atoms. The van der Waals surface area contributed by atoms with Gasteiger partial charge in [-0.15, -0.1) is 0 Å². The number of benzene rings is 2. The van der Waals surface area contributed by atoms with Crippen molar-refractivity contribution in [2.45, 2.75) is 52.3 Å². The molecule has 2 aromatic carbocycles. The van der Waals surface area contributed by atoms with Crippen molar-refractivity contribution in [3.8, 4) is 5.75 Å². The maximum atomic E-state index is 13.5. The Morgan fingerprint density at radius 1 is 1.00 bits per heavy atom. The average molecular weight is 445 g/mol. The van der Waals surface area contributed by atoms with E-state index in [2.05, 4.69) is 27.5 Å². The predicted molar refractivity (Wildman–Crippen MR) is 121 cm³/mol. The number of hydrogen-bond acceptors (Lipinski definition) is 5. The highest BCUT2D eigenvalue weighted by molar-refractivity contribution is 5.63. The molecule has 8 heteroatoms. The van der Waals surface area contributed by atoms with Gasteiger partial charge in [0, 0.05) is 17.6 Å². The van der Waals surface area contributed by atoms with Crippen LogP contribution in [0.3, 0.4) is 0 Å². The number of hydrogen-bond donors (Lipinski definition) is 2. The molecule has 0 saturated heterocycles. The zero-order chi connectivity index (χ0) is 23.1. The minimum absolute atomic E-state index is 0.0427. The quantitative estimate of drug-likeness (QED) is 0.368. The highest BCUT2D eigenvalue weighted by Crippen LogP contribution is 2.35. The van der Waals surface area contributed by atoms with Gasteiger partial charge in [-0.1, -0.05) is 25.5 Å². The van der Waals surface area contributed by atoms with E-state index in [1.807, 2.05) is 32.0 Å². The normalized spacial score (nSPS) is 11.5. The Balaban J connectivity index is 1.84. The van der Waals surface area contributed by atoms with Gasteiger partial charge in [0.05, 0.1) is 6.10 Å². The standard InChI is InChI=1S/C24H27F3N4O/c1-4-5-7-17-8-6-9-19(14-17)29-22-21(24(25,26)27)15-28-23(31-22)30-18-10-12-20(13-11-18)32-16(2)3/h6,8-16H,4-5,7H2,1-3H3,(H2,28,29,30,31). The first-order valence-electron chi connectivity index (χ1n) is 10.6. The van der Waals surface area contributed by atoms with Crippen LogP contribution >= 0.6 is 0 Å². The van der Waals surface area contributed by atoms with Gasteiger partial charge in [0.25, 0.3) is 0 Å². The molecule has 5 nitrogen and oxygen atoms in total. The maximum Gasteiger partial charge on any atom is 0.421 e. The molecule has 2 N–H and O–H groups in total. The Kier molecular flexibility index (Phi) is 7.56. The average Bonchev–Trinajstić information content (AvgIpc) is 2.73. The van der Waals surface area contributed by atoms with Crippen molar-refractivity contribution in [3.05, 3.63) is 65.9 Å². The van der Waals surface area contributed by atoms with Crippen LogP contribution in [0.25, 0.3) is 0 Å². The fraction of sp³-hybridized carbons (Fsp3) is 0.333. The molecule has 0 aliphatic rings. The summed E-state index contributed by atoms with van der Waals surface area (Å²) in [7, 11) is 0. The number of alkyl halides is 3. The first kappa shape index (κ1) is 23.4. The van der Waals surface area contributed by atoms with Gasteiger partial charge in [-0.05, 0) is 68.7 Å². The molecule has 1 aromatic heterocycles. The summed E-state index contributed by atoms with van der Waals surface area (Å²) in [4.78, 5) is 7.97. The van der Waals surface area contributed by atoms with E-state index in [-0.39, 0.29) is 17.9 Å². The molecule has 1 heterocycles. The number of unbranched alkanes of at least 4 members (excludes halogenated alkanes) is 1. The minimum atomic E-state index is -4.59. The summed E-state index contributed by atoms with van der Waals surface area (Å²) in [5, 5.41) is 5.77. The van der Waals surface area contributed by atoms with Crippen LogP contribution in [-0.4, -0.2) is 16.1 Å². The highest BCUT2D eigenvalue weighted by atomic mass is 19.4. The van der Waals surface area contributed by atoms with Gasteiger partial charge in [-0.25, -0.2) is 4.98 Å². The topological polar surface area (TPSA) is 59.1 Å². The van der Waals surface area contributed by atoms with Crippen LogP contribution in [0.2, 0.25) is 0 Å². The second kappa shape index (κ2) is 10.3. The Morgan fingerprint density at radius 2 is 1.75 bits per heavy atom. The summed E-state index contributed by atoms with van der Waals surface area (Å²) in [6, 6.07) is 14.4. The van der Waals surface area contributed by atoms with E-state index in [4.69, 9.17) is 4.74 Å². The monoisotopic (exact) mass is 444 g/mol. The molecule has 0 unspecified atom stereocenters. The summed E-state index contributed by atoms with van der Waals surface area (Å²) < 4.78 is 46.2. The summed E-state index contributed by atoms with van der Waals surface area (Å²) in [6.45, 7) is 5.95. The molecule has 0 aliphatic carbocycles. The first-order chi connectivity index (χ1) is 15.2. The number of nitrogens with zero attached hydrogens (tertiary/aromatic N) is 2. The molecule has 0 saturated carbocycles. The first-order valence-corrected chi connectivity index (χ1v) is 10.6. The van der Waals surface area contributed by atoms with Crippen molar-refractivity contribution in [3.63, 3.8) is 0 Å². The molecular formula is C24H27F3N4O. The molecule has 0 amide bonds. The van der Waals surface area contributed by atoms with Gasteiger partial charge < -0.3 is 15.4 Å². The van der Waals surface area contributed by atoms with Crippen molar-refractivity contribution in [1.82, 2.24) is 9.97 Å². The number of rotatable bonds is 9. The van der Waals surface area contributed by atoms with Crippen LogP contribution in [-0.2, 0) is 12.6 Å². The predicted octanol–water partition coefficient (Wildman–Crippen LogP) is 7.11. The molecule has 0 fully saturated rings. The van der Waals surface area contributed by atoms with Crippen molar-refractivity contribution < 1.29 is 17.9 Å². The number of anilines is 4. The molecule has 0 atom stereocenters. The van der Waals surface area contributed by atoms with Gasteiger partial charge >= 0.3 is 6.18 Å². The molecule has 0 bridgehead atoms. The van der Waals surface area contributed by atoms with E-state index >= 15 is 0 Å². The number of aryl methyl sites for hydroxylation is 1. The lowest BCUT2D eigenvalue weighted by Gasteiger charge is -2.15. The fourth-order valence-electron chi connectivity index (χ4n) is 3.09. The van der Waals surface area contributed by atoms with Crippen molar-refractivity contribution in [1.29, 1.82) is 0 Å². The molecular weight excluding hydrogens is 417 g/mol. The van der Waals surface area contributed by atoms with Gasteiger partial charge in [0.2, 0.25) is 5.95 Å². The summed E-state index contributed by atoms with van der Waals surface area (Å²) in [5.41, 5.74) is 1.31. The third kappa shape index (κ3) is 6.60. The number of nitrogens with one attached hydrogen (secondary N) is 2. The second-order valence-electron chi connectivity index (χ2n) is 7.70. The third-order valence-corrected chi connectivity index (χ3v) is 4.59. The van der Waals surface area contributed by atoms with Crippen LogP contribution in [0, 0.1) is 0 Å². The fourth-order valence-corrected chi connectivity index (χ4v) is 3.09. The Bertz CT molecular complexity index is 1020. The van der Waals surface area contributed by atoms with E-state index in [0.717, 1.165) is 31.0 Å². The lowest BCUT2D eigenvalue weighted by molar-refractivity contribution is -0.137. The molecule has 3 aromatic rings. The second-order valence-corrected chi connectivity index (χ2v) is 7.70. The van der Waals surface area contributed by atoms with E-state index in [0.29, 0.717) is 17.1 Å². The maximum absolute atomic E-state index is 13.5. The SMILES string of the molecule is CCCCc1cccc(Nc2nc(Nc3ccc(OC(C)C)cc3)ncc2C(F)(F)F)c1. The van der Waals surface area contributed by atoms with E-state index in [1.165, 1.54) is 0 Å². The van der Waals surface area contributed by atoms with Gasteiger partial charge in [0.1, 0.15) is 17.1 Å². The zero-order valence-corrected chi connectivity index (χ0v) is 18.3. The number of ether oxygens (including phenoxy) is 1. The van der Waals surface area contributed by atoms with E-state index in [1.54, 1.807) is 30.3 Å². The summed E-state index contributed by atoms with van der Waals surface area (Å²) in [5.74, 6) is 0.451. The summed E-state index contributed by atoms with van der Waals surface area (Å²) >= 11 is 0. The smallest absolute Gasteiger partial charge is 0.421 e. The van der Waals surface area contributed by atoms with Crippen molar-refractivity contribution in [2.75, 3.05) is 10.6 Å². The van der Waals surface area contributed by atoms with Crippen LogP contribution in [0.4, 0.5) is 36.3 Å². The molecule has 0 aliphatic heterocycles. The minimum Gasteiger partial charge on any atom is -0.491 e. The van der Waals surface area contributed by atoms with Crippen LogP contribution in [0.15, 0.2) is 54.7 Å². The molecule has 0 radical (unpaired) electrons. The van der Waals surface area contributed by atoms with Crippen LogP contribution in [0.1, 0.15) is 44.7 Å². The van der Waals surface area contributed by atoms with Crippen LogP contribution in [0.5, 0.6) is 5.75 Å². The highest BCUT2D eigenvalue weighted by Gasteiger charge is 2.35.